The van der Waals surface area contributed by atoms with Gasteiger partial charge in [0.05, 0.1) is 16.3 Å². The van der Waals surface area contributed by atoms with Crippen LogP contribution in [0.1, 0.15) is 40.2 Å². The largest absolute Gasteiger partial charge is 0.355 e. The molecule has 2 aromatic rings. The number of carbonyl (C=O) groups is 1. The predicted molar refractivity (Wildman–Crippen MR) is 99.3 cm³/mol. The Hall–Kier alpha value is -2.59. The van der Waals surface area contributed by atoms with E-state index in [0.29, 0.717) is 22.1 Å². The number of carbonyl (C=O) groups excluding carboxylic acids is 1. The second kappa shape index (κ2) is 7.34. The standard InChI is InChI=1S/C18H21ClN6O/c1-11-14(10-20)17(21-12(2)16(11)19)25-8-4-13(5-9-25)22-18(26)15-6-7-24(3)23-15/h6-7,13H,4-5,8-9H2,1-3H3,(H,22,26). The van der Waals surface area contributed by atoms with Crippen molar-refractivity contribution < 1.29 is 4.79 Å². The van der Waals surface area contributed by atoms with E-state index in [-0.39, 0.29) is 11.9 Å². The first kappa shape index (κ1) is 18.2. The zero-order chi connectivity index (χ0) is 18.8. The molecule has 8 heteroatoms. The highest BCUT2D eigenvalue weighted by Gasteiger charge is 2.25. The quantitative estimate of drug-likeness (QED) is 0.893. The number of anilines is 1. The van der Waals surface area contributed by atoms with Gasteiger partial charge < -0.3 is 10.2 Å². The second-order valence-corrected chi connectivity index (χ2v) is 6.93. The smallest absolute Gasteiger partial charge is 0.271 e. The molecule has 3 rings (SSSR count). The van der Waals surface area contributed by atoms with Crippen molar-refractivity contribution in [3.8, 4) is 6.07 Å². The summed E-state index contributed by atoms with van der Waals surface area (Å²) in [6.45, 7) is 5.13. The minimum atomic E-state index is -0.155. The number of halogens is 1. The van der Waals surface area contributed by atoms with E-state index in [2.05, 4.69) is 26.4 Å². The Labute approximate surface area is 157 Å². The normalized spacial score (nSPS) is 15.0. The van der Waals surface area contributed by atoms with Crippen molar-refractivity contribution in [2.45, 2.75) is 32.7 Å². The fourth-order valence-electron chi connectivity index (χ4n) is 3.21. The van der Waals surface area contributed by atoms with Crippen LogP contribution in [0.5, 0.6) is 0 Å². The molecule has 0 aromatic carbocycles. The molecule has 0 bridgehead atoms. The summed E-state index contributed by atoms with van der Waals surface area (Å²) < 4.78 is 1.61. The SMILES string of the molecule is Cc1nc(N2CCC(NC(=O)c3ccn(C)n3)CC2)c(C#N)c(C)c1Cl. The van der Waals surface area contributed by atoms with Gasteiger partial charge in [-0.2, -0.15) is 10.4 Å². The van der Waals surface area contributed by atoms with Crippen LogP contribution >= 0.6 is 11.6 Å². The molecule has 1 amide bonds. The zero-order valence-electron chi connectivity index (χ0n) is 15.1. The lowest BCUT2D eigenvalue weighted by molar-refractivity contribution is 0.0925. The first-order chi connectivity index (χ1) is 12.4. The number of amides is 1. The number of aryl methyl sites for hydroxylation is 2. The van der Waals surface area contributed by atoms with E-state index in [0.717, 1.165) is 37.2 Å². The highest BCUT2D eigenvalue weighted by molar-refractivity contribution is 6.32. The van der Waals surface area contributed by atoms with Crippen molar-refractivity contribution in [3.05, 3.63) is 39.8 Å². The summed E-state index contributed by atoms with van der Waals surface area (Å²) in [5, 5.41) is 17.2. The third-order valence-electron chi connectivity index (χ3n) is 4.71. The lowest BCUT2D eigenvalue weighted by Gasteiger charge is -2.34. The molecule has 1 aliphatic heterocycles. The van der Waals surface area contributed by atoms with E-state index in [1.807, 2.05) is 13.8 Å². The predicted octanol–water partition coefficient (Wildman–Crippen LogP) is 2.36. The molecule has 1 fully saturated rings. The van der Waals surface area contributed by atoms with Gasteiger partial charge in [0.25, 0.3) is 5.91 Å². The summed E-state index contributed by atoms with van der Waals surface area (Å²) in [5.74, 6) is 0.527. The molecule has 1 N–H and O–H groups in total. The van der Waals surface area contributed by atoms with Gasteiger partial charge >= 0.3 is 0 Å². The molecule has 0 aliphatic carbocycles. The van der Waals surface area contributed by atoms with E-state index in [1.54, 1.807) is 24.0 Å². The number of aromatic nitrogens is 3. The van der Waals surface area contributed by atoms with Crippen LogP contribution in [-0.2, 0) is 7.05 Å². The van der Waals surface area contributed by atoms with Crippen molar-refractivity contribution >= 4 is 23.3 Å². The number of nitrogens with zero attached hydrogens (tertiary/aromatic N) is 5. The monoisotopic (exact) mass is 372 g/mol. The van der Waals surface area contributed by atoms with E-state index in [4.69, 9.17) is 11.6 Å². The van der Waals surface area contributed by atoms with E-state index >= 15 is 0 Å². The first-order valence-electron chi connectivity index (χ1n) is 8.53. The number of nitriles is 1. The average Bonchev–Trinajstić information content (AvgIpc) is 3.07. The number of nitrogens with one attached hydrogen (secondary N) is 1. The van der Waals surface area contributed by atoms with Crippen LogP contribution in [0.2, 0.25) is 5.02 Å². The Morgan fingerprint density at radius 3 is 2.65 bits per heavy atom. The number of hydrogen-bond acceptors (Lipinski definition) is 5. The highest BCUT2D eigenvalue weighted by Crippen LogP contribution is 2.30. The third-order valence-corrected chi connectivity index (χ3v) is 5.26. The van der Waals surface area contributed by atoms with Crippen LogP contribution in [-0.4, -0.2) is 39.8 Å². The van der Waals surface area contributed by atoms with Gasteiger partial charge in [-0.1, -0.05) is 11.6 Å². The average molecular weight is 373 g/mol. The van der Waals surface area contributed by atoms with E-state index in [9.17, 15) is 10.1 Å². The molecule has 0 unspecified atom stereocenters. The minimum Gasteiger partial charge on any atom is -0.355 e. The molecule has 0 atom stereocenters. The minimum absolute atomic E-state index is 0.0841. The van der Waals surface area contributed by atoms with Gasteiger partial charge in [-0.25, -0.2) is 4.98 Å². The summed E-state index contributed by atoms with van der Waals surface area (Å²) in [6, 6.07) is 4.01. The van der Waals surface area contributed by atoms with Gasteiger partial charge in [0.15, 0.2) is 0 Å². The van der Waals surface area contributed by atoms with Gasteiger partial charge in [0.1, 0.15) is 17.6 Å². The Kier molecular flexibility index (Phi) is 5.14. The van der Waals surface area contributed by atoms with Crippen LogP contribution in [0.25, 0.3) is 0 Å². The number of pyridine rings is 1. The van der Waals surface area contributed by atoms with Crippen molar-refractivity contribution in [1.29, 1.82) is 5.26 Å². The fraction of sp³-hybridized carbons (Fsp3) is 0.444. The molecule has 2 aromatic heterocycles. The molecule has 7 nitrogen and oxygen atoms in total. The van der Waals surface area contributed by atoms with Gasteiger partial charge in [-0.15, -0.1) is 0 Å². The molecular formula is C18H21ClN6O. The third kappa shape index (κ3) is 3.51. The maximum absolute atomic E-state index is 12.2. The Bertz CT molecular complexity index is 877. The zero-order valence-corrected chi connectivity index (χ0v) is 15.8. The lowest BCUT2D eigenvalue weighted by atomic mass is 10.0. The summed E-state index contributed by atoms with van der Waals surface area (Å²) in [4.78, 5) is 18.9. The molecule has 1 aliphatic rings. The van der Waals surface area contributed by atoms with Crippen molar-refractivity contribution in [2.75, 3.05) is 18.0 Å². The summed E-state index contributed by atoms with van der Waals surface area (Å²) in [6.07, 6.45) is 3.31. The summed E-state index contributed by atoms with van der Waals surface area (Å²) in [7, 11) is 1.78. The Morgan fingerprint density at radius 1 is 1.38 bits per heavy atom. The lowest BCUT2D eigenvalue weighted by Crippen LogP contribution is -2.45. The van der Waals surface area contributed by atoms with Crippen molar-refractivity contribution in [3.63, 3.8) is 0 Å². The van der Waals surface area contributed by atoms with Crippen LogP contribution < -0.4 is 10.2 Å². The van der Waals surface area contributed by atoms with Gasteiger partial charge in [-0.3, -0.25) is 9.48 Å². The van der Waals surface area contributed by atoms with Gasteiger partial charge in [-0.05, 0) is 38.3 Å². The maximum Gasteiger partial charge on any atom is 0.271 e. The second-order valence-electron chi connectivity index (χ2n) is 6.56. The van der Waals surface area contributed by atoms with Crippen molar-refractivity contribution in [2.24, 2.45) is 7.05 Å². The number of hydrogen-bond donors (Lipinski definition) is 1. The molecular weight excluding hydrogens is 352 g/mol. The Balaban J connectivity index is 1.68. The maximum atomic E-state index is 12.2. The van der Waals surface area contributed by atoms with Gasteiger partial charge in [0.2, 0.25) is 0 Å². The van der Waals surface area contributed by atoms with E-state index < -0.39 is 0 Å². The summed E-state index contributed by atoms with van der Waals surface area (Å²) in [5.41, 5.74) is 2.44. The van der Waals surface area contributed by atoms with Crippen molar-refractivity contribution in [1.82, 2.24) is 20.1 Å². The Morgan fingerprint density at radius 2 is 2.08 bits per heavy atom. The molecule has 0 saturated carbocycles. The van der Waals surface area contributed by atoms with Crippen LogP contribution in [0.3, 0.4) is 0 Å². The van der Waals surface area contributed by atoms with Crippen LogP contribution in [0.4, 0.5) is 5.82 Å². The van der Waals surface area contributed by atoms with Crippen LogP contribution in [0.15, 0.2) is 12.3 Å². The van der Waals surface area contributed by atoms with E-state index in [1.165, 1.54) is 0 Å². The topological polar surface area (TPSA) is 86.8 Å². The highest BCUT2D eigenvalue weighted by atomic mass is 35.5. The number of piperidine rings is 1. The fourth-order valence-corrected chi connectivity index (χ4v) is 3.34. The van der Waals surface area contributed by atoms with Gasteiger partial charge in [0, 0.05) is 32.4 Å². The molecule has 0 spiro atoms. The molecule has 3 heterocycles. The summed E-state index contributed by atoms with van der Waals surface area (Å²) >= 11 is 6.23. The first-order valence-corrected chi connectivity index (χ1v) is 8.90. The molecule has 26 heavy (non-hydrogen) atoms. The molecule has 1 saturated heterocycles. The van der Waals surface area contributed by atoms with Crippen LogP contribution in [0, 0.1) is 25.2 Å². The molecule has 136 valence electrons. The number of rotatable bonds is 3. The molecule has 0 radical (unpaired) electrons.